The Labute approximate surface area is 135 Å². The van der Waals surface area contributed by atoms with Crippen molar-refractivity contribution in [3.05, 3.63) is 21.9 Å². The second kappa shape index (κ2) is 7.16. The number of fused-ring (bicyclic) bond motifs is 1. The van der Waals surface area contributed by atoms with Crippen LogP contribution in [0, 0.1) is 5.92 Å². The third-order valence-corrected chi connectivity index (χ3v) is 6.95. The zero-order valence-corrected chi connectivity index (χ0v) is 14.0. The number of nitrogens with one attached hydrogen (secondary N) is 1. The molecule has 1 aromatic rings. The van der Waals surface area contributed by atoms with Crippen molar-refractivity contribution in [3.63, 3.8) is 0 Å². The first kappa shape index (κ1) is 15.4. The van der Waals surface area contributed by atoms with E-state index in [9.17, 15) is 4.79 Å². The van der Waals surface area contributed by atoms with Gasteiger partial charge in [-0.25, -0.2) is 0 Å². The van der Waals surface area contributed by atoms with Gasteiger partial charge in [0.1, 0.15) is 5.25 Å². The molecule has 1 saturated carbocycles. The van der Waals surface area contributed by atoms with E-state index in [1.165, 1.54) is 42.5 Å². The molecule has 3 N–H and O–H groups in total. The number of aryl methyl sites for hydroxylation is 1. The van der Waals surface area contributed by atoms with E-state index in [1.807, 2.05) is 0 Å². The minimum atomic E-state index is -0.0300. The van der Waals surface area contributed by atoms with E-state index < -0.39 is 0 Å². The highest BCUT2D eigenvalue weighted by molar-refractivity contribution is 8.00. The predicted octanol–water partition coefficient (Wildman–Crippen LogP) is 3.10. The molecular formula is C16H24N2OS2. The summed E-state index contributed by atoms with van der Waals surface area (Å²) in [5.74, 6) is 1.78. The zero-order valence-electron chi connectivity index (χ0n) is 12.3. The lowest BCUT2D eigenvalue weighted by molar-refractivity contribution is -0.121. The average molecular weight is 325 g/mol. The topological polar surface area (TPSA) is 55.1 Å². The highest BCUT2D eigenvalue weighted by Gasteiger charge is 2.31. The van der Waals surface area contributed by atoms with Crippen molar-refractivity contribution in [1.29, 1.82) is 0 Å². The van der Waals surface area contributed by atoms with Crippen molar-refractivity contribution in [2.24, 2.45) is 11.7 Å². The number of hydrogen-bond acceptors (Lipinski definition) is 4. The van der Waals surface area contributed by atoms with Crippen LogP contribution in [0.1, 0.15) is 47.8 Å². The van der Waals surface area contributed by atoms with Crippen LogP contribution in [0.2, 0.25) is 0 Å². The molecule has 0 bridgehead atoms. The number of amides is 1. The van der Waals surface area contributed by atoms with Gasteiger partial charge >= 0.3 is 0 Å². The molecule has 116 valence electrons. The monoisotopic (exact) mass is 324 g/mol. The molecule has 0 spiro atoms. The van der Waals surface area contributed by atoms with Crippen LogP contribution in [0.4, 0.5) is 0 Å². The lowest BCUT2D eigenvalue weighted by Crippen LogP contribution is -2.47. The zero-order chi connectivity index (χ0) is 14.7. The van der Waals surface area contributed by atoms with Gasteiger partial charge in [-0.05, 0) is 47.9 Å². The number of hydrogen-bond donors (Lipinski definition) is 2. The van der Waals surface area contributed by atoms with Crippen LogP contribution in [0.25, 0.3) is 0 Å². The second-order valence-corrected chi connectivity index (χ2v) is 8.26. The number of thiophene rings is 1. The van der Waals surface area contributed by atoms with E-state index >= 15 is 0 Å². The summed E-state index contributed by atoms with van der Waals surface area (Å²) in [7, 11) is 0. The lowest BCUT2D eigenvalue weighted by Gasteiger charge is -2.32. The van der Waals surface area contributed by atoms with Crippen LogP contribution >= 0.6 is 23.1 Å². The Hall–Kier alpha value is -0.520. The molecule has 3 nitrogen and oxygen atoms in total. The molecule has 2 unspecified atom stereocenters. The minimum absolute atomic E-state index is 0.0300. The van der Waals surface area contributed by atoms with Gasteiger partial charge < -0.3 is 11.1 Å². The summed E-state index contributed by atoms with van der Waals surface area (Å²) in [5, 5.41) is 5.34. The Morgan fingerprint density at radius 2 is 2.19 bits per heavy atom. The summed E-state index contributed by atoms with van der Waals surface area (Å²) < 4.78 is 0. The first-order valence-electron chi connectivity index (χ1n) is 7.98. The van der Waals surface area contributed by atoms with E-state index in [-0.39, 0.29) is 17.2 Å². The summed E-state index contributed by atoms with van der Waals surface area (Å²) >= 11 is 3.55. The van der Waals surface area contributed by atoms with Gasteiger partial charge in [-0.15, -0.1) is 23.1 Å². The fourth-order valence-electron chi connectivity index (χ4n) is 3.53. The van der Waals surface area contributed by atoms with Crippen molar-refractivity contribution >= 4 is 29.0 Å². The Morgan fingerprint density at radius 3 is 2.95 bits per heavy atom. The fourth-order valence-corrected chi connectivity index (χ4v) is 5.83. The van der Waals surface area contributed by atoms with E-state index in [0.717, 1.165) is 12.2 Å². The molecule has 5 heteroatoms. The maximum Gasteiger partial charge on any atom is 0.237 e. The van der Waals surface area contributed by atoms with Gasteiger partial charge in [0, 0.05) is 17.5 Å². The van der Waals surface area contributed by atoms with E-state index in [1.54, 1.807) is 23.1 Å². The Balaban J connectivity index is 1.65. The van der Waals surface area contributed by atoms with Crippen molar-refractivity contribution in [3.8, 4) is 0 Å². The van der Waals surface area contributed by atoms with Gasteiger partial charge in [-0.1, -0.05) is 19.3 Å². The molecule has 0 radical (unpaired) electrons. The molecule has 2 aliphatic rings. The molecule has 1 aromatic heterocycles. The molecule has 1 aliphatic heterocycles. The third-order valence-electron chi connectivity index (χ3n) is 4.71. The number of thioether (sulfide) groups is 1. The van der Waals surface area contributed by atoms with Crippen LogP contribution in [0.3, 0.4) is 0 Å². The number of nitrogens with two attached hydrogens (primary N) is 1. The van der Waals surface area contributed by atoms with E-state index in [2.05, 4.69) is 16.8 Å². The molecule has 21 heavy (non-hydrogen) atoms. The molecule has 1 fully saturated rings. The minimum Gasteiger partial charge on any atom is -0.351 e. The summed E-state index contributed by atoms with van der Waals surface area (Å²) in [6, 6.07) is 2.27. The number of rotatable bonds is 4. The standard InChI is InChI=1S/C16H24N2OS2/c17-10-13(11-4-2-1-3-5-11)18-16(19)15-12-6-8-20-14(12)7-9-21-15/h6,8,11,13,15H,1-5,7,9-10,17H2,(H,18,19). The normalized spacial score (nSPS) is 24.3. The van der Waals surface area contributed by atoms with Crippen molar-refractivity contribution in [1.82, 2.24) is 5.32 Å². The number of carbonyl (C=O) groups is 1. The fraction of sp³-hybridized carbons (Fsp3) is 0.688. The average Bonchev–Trinajstić information content (AvgIpc) is 3.01. The molecular weight excluding hydrogens is 300 g/mol. The van der Waals surface area contributed by atoms with Gasteiger partial charge in [0.05, 0.1) is 0 Å². The Bertz CT molecular complexity index is 482. The van der Waals surface area contributed by atoms with Crippen LogP contribution in [0.15, 0.2) is 11.4 Å². The summed E-state index contributed by atoms with van der Waals surface area (Å²) in [6.07, 6.45) is 7.42. The molecule has 1 aliphatic carbocycles. The predicted molar refractivity (Wildman–Crippen MR) is 90.8 cm³/mol. The Morgan fingerprint density at radius 1 is 1.38 bits per heavy atom. The maximum absolute atomic E-state index is 12.7. The maximum atomic E-state index is 12.7. The smallest absolute Gasteiger partial charge is 0.237 e. The molecule has 2 atom stereocenters. The summed E-state index contributed by atoms with van der Waals surface area (Å²) in [5.41, 5.74) is 7.17. The number of carbonyl (C=O) groups excluding carboxylic acids is 1. The molecule has 0 aromatic carbocycles. The van der Waals surface area contributed by atoms with Crippen molar-refractivity contribution in [2.75, 3.05) is 12.3 Å². The highest BCUT2D eigenvalue weighted by atomic mass is 32.2. The van der Waals surface area contributed by atoms with E-state index in [4.69, 9.17) is 5.73 Å². The van der Waals surface area contributed by atoms with Gasteiger partial charge in [0.2, 0.25) is 5.91 Å². The van der Waals surface area contributed by atoms with E-state index in [0.29, 0.717) is 12.5 Å². The molecule has 1 amide bonds. The van der Waals surface area contributed by atoms with Crippen molar-refractivity contribution in [2.45, 2.75) is 49.8 Å². The van der Waals surface area contributed by atoms with Crippen LogP contribution in [-0.4, -0.2) is 24.2 Å². The third kappa shape index (κ3) is 3.46. The first-order chi connectivity index (χ1) is 10.3. The lowest BCUT2D eigenvalue weighted by atomic mass is 9.84. The van der Waals surface area contributed by atoms with Crippen LogP contribution in [0.5, 0.6) is 0 Å². The van der Waals surface area contributed by atoms with Gasteiger partial charge in [0.15, 0.2) is 0 Å². The first-order valence-corrected chi connectivity index (χ1v) is 9.90. The highest BCUT2D eigenvalue weighted by Crippen LogP contribution is 2.39. The van der Waals surface area contributed by atoms with Gasteiger partial charge in [-0.2, -0.15) is 0 Å². The summed E-state index contributed by atoms with van der Waals surface area (Å²) in [6.45, 7) is 0.560. The largest absolute Gasteiger partial charge is 0.351 e. The van der Waals surface area contributed by atoms with Crippen molar-refractivity contribution < 1.29 is 4.79 Å². The molecule has 0 saturated heterocycles. The molecule has 2 heterocycles. The Kier molecular flexibility index (Phi) is 5.24. The van der Waals surface area contributed by atoms with Crippen LogP contribution < -0.4 is 11.1 Å². The quantitative estimate of drug-likeness (QED) is 0.895. The summed E-state index contributed by atoms with van der Waals surface area (Å²) in [4.78, 5) is 14.1. The van der Waals surface area contributed by atoms with Gasteiger partial charge in [0.25, 0.3) is 0 Å². The molecule has 3 rings (SSSR count). The van der Waals surface area contributed by atoms with Gasteiger partial charge in [-0.3, -0.25) is 4.79 Å². The SMILES string of the molecule is NCC(NC(=O)C1SCCc2sccc21)C1CCCCC1. The van der Waals surface area contributed by atoms with Crippen LogP contribution in [-0.2, 0) is 11.2 Å². The second-order valence-electron chi connectivity index (χ2n) is 6.05.